The van der Waals surface area contributed by atoms with E-state index < -0.39 is 0 Å². The Hall–Kier alpha value is -7.22. The average Bonchev–Trinajstić information content (AvgIpc) is 3.77. The number of nitriles is 1. The number of rotatable bonds is 5. The molecular formula is C48H29N3O. The molecule has 52 heavy (non-hydrogen) atoms. The first kappa shape index (κ1) is 29.7. The molecule has 3 aromatic heterocycles. The summed E-state index contributed by atoms with van der Waals surface area (Å²) in [5.74, 6) is 0. The number of hydrogen-bond acceptors (Lipinski definition) is 3. The van der Waals surface area contributed by atoms with Crippen molar-refractivity contribution in [2.24, 2.45) is 0 Å². The highest BCUT2D eigenvalue weighted by atomic mass is 16.3. The van der Waals surface area contributed by atoms with Gasteiger partial charge in [-0.1, -0.05) is 115 Å². The fraction of sp³-hybridized carbons (Fsp3) is 0. The lowest BCUT2D eigenvalue weighted by Gasteiger charge is -2.15. The van der Waals surface area contributed by atoms with Crippen molar-refractivity contribution in [3.05, 3.63) is 181 Å². The summed E-state index contributed by atoms with van der Waals surface area (Å²) < 4.78 is 8.83. The van der Waals surface area contributed by atoms with Crippen LogP contribution in [-0.4, -0.2) is 9.55 Å². The Morgan fingerprint density at radius 2 is 1.15 bits per heavy atom. The normalized spacial score (nSPS) is 11.4. The number of nitrogens with zero attached hydrogens (tertiary/aromatic N) is 3. The van der Waals surface area contributed by atoms with E-state index in [1.165, 1.54) is 10.8 Å². The second-order valence-corrected chi connectivity index (χ2v) is 13.1. The monoisotopic (exact) mass is 663 g/mol. The van der Waals surface area contributed by atoms with Gasteiger partial charge in [-0.2, -0.15) is 5.26 Å². The van der Waals surface area contributed by atoms with E-state index in [9.17, 15) is 5.26 Å². The molecule has 0 N–H and O–H groups in total. The summed E-state index contributed by atoms with van der Waals surface area (Å²) in [6.45, 7) is 0. The molecule has 242 valence electrons. The minimum absolute atomic E-state index is 0.620. The molecule has 0 amide bonds. The zero-order valence-corrected chi connectivity index (χ0v) is 28.0. The summed E-state index contributed by atoms with van der Waals surface area (Å²) >= 11 is 0. The lowest BCUT2D eigenvalue weighted by atomic mass is 9.98. The quantitative estimate of drug-likeness (QED) is 0.184. The smallest absolute Gasteiger partial charge is 0.143 e. The molecule has 10 rings (SSSR count). The van der Waals surface area contributed by atoms with Crippen LogP contribution in [-0.2, 0) is 0 Å². The number of benzene rings is 7. The third kappa shape index (κ3) is 4.87. The summed E-state index contributed by atoms with van der Waals surface area (Å²) in [7, 11) is 0. The molecule has 0 saturated carbocycles. The van der Waals surface area contributed by atoms with Crippen molar-refractivity contribution in [2.45, 2.75) is 0 Å². The highest BCUT2D eigenvalue weighted by molar-refractivity contribution is 6.13. The highest BCUT2D eigenvalue weighted by Gasteiger charge is 2.18. The van der Waals surface area contributed by atoms with E-state index in [0.29, 0.717) is 5.56 Å². The van der Waals surface area contributed by atoms with Gasteiger partial charge in [-0.05, 0) is 77.4 Å². The van der Waals surface area contributed by atoms with Gasteiger partial charge < -0.3 is 8.98 Å². The number of hydrogen-bond donors (Lipinski definition) is 0. The molecule has 0 radical (unpaired) electrons. The molecule has 4 nitrogen and oxygen atoms in total. The standard InChI is InChI=1S/C48H29N3O/c49-30-31-11-8-14-33(25-31)35-26-36(44-20-10-19-43(50-44)32-12-2-1-3-13-32)28-37(27-35)51-45-21-6-4-15-39(45)40-24-23-34(29-46(40)51)38-17-9-18-42-41-16-5-7-22-47(41)52-48(38)42/h1-29H. The van der Waals surface area contributed by atoms with Crippen LogP contribution in [0.1, 0.15) is 5.56 Å². The number of aromatic nitrogens is 2. The van der Waals surface area contributed by atoms with Crippen molar-refractivity contribution in [2.75, 3.05) is 0 Å². The van der Waals surface area contributed by atoms with Crippen molar-refractivity contribution in [3.8, 4) is 56.5 Å². The van der Waals surface area contributed by atoms with Crippen LogP contribution in [0.4, 0.5) is 0 Å². The molecule has 4 heteroatoms. The van der Waals surface area contributed by atoms with E-state index in [1.54, 1.807) is 0 Å². The van der Waals surface area contributed by atoms with Gasteiger partial charge >= 0.3 is 0 Å². The maximum Gasteiger partial charge on any atom is 0.143 e. The lowest BCUT2D eigenvalue weighted by Crippen LogP contribution is -1.97. The highest BCUT2D eigenvalue weighted by Crippen LogP contribution is 2.40. The zero-order valence-electron chi connectivity index (χ0n) is 28.0. The van der Waals surface area contributed by atoms with Gasteiger partial charge in [0, 0.05) is 43.9 Å². The van der Waals surface area contributed by atoms with Gasteiger partial charge in [-0.3, -0.25) is 0 Å². The molecule has 0 spiro atoms. The number of para-hydroxylation sites is 3. The molecule has 0 aliphatic heterocycles. The Morgan fingerprint density at radius 1 is 0.462 bits per heavy atom. The molecular weight excluding hydrogens is 635 g/mol. The first-order chi connectivity index (χ1) is 25.7. The molecule has 3 heterocycles. The fourth-order valence-corrected chi connectivity index (χ4v) is 7.58. The summed E-state index contributed by atoms with van der Waals surface area (Å²) in [6, 6.07) is 63.1. The Balaban J connectivity index is 1.23. The van der Waals surface area contributed by atoms with Crippen molar-refractivity contribution in [1.29, 1.82) is 5.26 Å². The van der Waals surface area contributed by atoms with Crippen LogP contribution in [0.2, 0.25) is 0 Å². The third-order valence-electron chi connectivity index (χ3n) is 10.0. The van der Waals surface area contributed by atoms with Gasteiger partial charge in [-0.15, -0.1) is 0 Å². The van der Waals surface area contributed by atoms with Crippen molar-refractivity contribution >= 4 is 43.7 Å². The molecule has 0 bridgehead atoms. The van der Waals surface area contributed by atoms with Crippen LogP contribution in [0, 0.1) is 11.3 Å². The Morgan fingerprint density at radius 3 is 2.04 bits per heavy atom. The van der Waals surface area contributed by atoms with Crippen molar-refractivity contribution in [3.63, 3.8) is 0 Å². The maximum absolute atomic E-state index is 9.78. The van der Waals surface area contributed by atoms with Crippen LogP contribution in [0.25, 0.3) is 94.2 Å². The summed E-state index contributed by atoms with van der Waals surface area (Å²) in [4.78, 5) is 5.16. The fourth-order valence-electron chi connectivity index (χ4n) is 7.58. The largest absolute Gasteiger partial charge is 0.455 e. The topological polar surface area (TPSA) is 54.8 Å². The van der Waals surface area contributed by atoms with Crippen LogP contribution in [0.3, 0.4) is 0 Å². The first-order valence-electron chi connectivity index (χ1n) is 17.3. The van der Waals surface area contributed by atoms with Crippen LogP contribution < -0.4 is 0 Å². The van der Waals surface area contributed by atoms with Gasteiger partial charge in [0.2, 0.25) is 0 Å². The van der Waals surface area contributed by atoms with E-state index in [0.717, 1.165) is 83.4 Å². The minimum Gasteiger partial charge on any atom is -0.455 e. The van der Waals surface area contributed by atoms with Crippen LogP contribution in [0.15, 0.2) is 180 Å². The molecule has 7 aromatic carbocycles. The molecule has 0 saturated heterocycles. The SMILES string of the molecule is N#Cc1cccc(-c2cc(-c3cccc(-c4ccccc4)n3)cc(-n3c4ccccc4c4ccc(-c5cccc6c5oc5ccccc56)cc43)c2)c1. The first-order valence-corrected chi connectivity index (χ1v) is 17.3. The molecule has 10 aromatic rings. The predicted molar refractivity (Wildman–Crippen MR) is 212 cm³/mol. The molecule has 0 aliphatic rings. The summed E-state index contributed by atoms with van der Waals surface area (Å²) in [5.41, 5.74) is 13.5. The molecule has 0 unspecified atom stereocenters. The van der Waals surface area contributed by atoms with Gasteiger partial charge in [0.25, 0.3) is 0 Å². The van der Waals surface area contributed by atoms with E-state index in [1.807, 2.05) is 48.5 Å². The van der Waals surface area contributed by atoms with Crippen LogP contribution >= 0.6 is 0 Å². The molecule has 0 aliphatic carbocycles. The Labute approximate surface area is 300 Å². The Bertz CT molecular complexity index is 3030. The number of fused-ring (bicyclic) bond motifs is 6. The third-order valence-corrected chi connectivity index (χ3v) is 10.0. The van der Waals surface area contributed by atoms with Crippen LogP contribution in [0.5, 0.6) is 0 Å². The summed E-state index contributed by atoms with van der Waals surface area (Å²) in [6.07, 6.45) is 0. The van der Waals surface area contributed by atoms with E-state index in [2.05, 4.69) is 138 Å². The zero-order chi connectivity index (χ0) is 34.6. The number of pyridine rings is 1. The predicted octanol–water partition coefficient (Wildman–Crippen LogP) is 12.6. The maximum atomic E-state index is 9.78. The van der Waals surface area contributed by atoms with Gasteiger partial charge in [0.15, 0.2) is 0 Å². The molecule has 0 fully saturated rings. The number of furan rings is 1. The second-order valence-electron chi connectivity index (χ2n) is 13.1. The minimum atomic E-state index is 0.620. The average molecular weight is 664 g/mol. The van der Waals surface area contributed by atoms with Gasteiger partial charge in [0.05, 0.1) is 34.1 Å². The second kappa shape index (κ2) is 12.0. The summed E-state index contributed by atoms with van der Waals surface area (Å²) in [5, 5.41) is 14.3. The van der Waals surface area contributed by atoms with E-state index in [-0.39, 0.29) is 0 Å². The van der Waals surface area contributed by atoms with Gasteiger partial charge in [-0.25, -0.2) is 4.98 Å². The van der Waals surface area contributed by atoms with Gasteiger partial charge in [0.1, 0.15) is 11.2 Å². The van der Waals surface area contributed by atoms with E-state index >= 15 is 0 Å². The Kier molecular flexibility index (Phi) is 6.84. The van der Waals surface area contributed by atoms with Crippen molar-refractivity contribution in [1.82, 2.24) is 9.55 Å². The lowest BCUT2D eigenvalue weighted by molar-refractivity contribution is 0.670. The van der Waals surface area contributed by atoms with E-state index in [4.69, 9.17) is 9.40 Å². The van der Waals surface area contributed by atoms with Crippen molar-refractivity contribution < 1.29 is 4.42 Å². The molecule has 0 atom stereocenters.